The van der Waals surface area contributed by atoms with Gasteiger partial charge in [-0.25, -0.2) is 0 Å². The molecular formula is C12H27NO3. The topological polar surface area (TPSA) is 41.9 Å². The Morgan fingerprint density at radius 1 is 1.12 bits per heavy atom. The van der Waals surface area contributed by atoms with Crippen molar-refractivity contribution in [2.24, 2.45) is 0 Å². The minimum absolute atomic E-state index is 0.610. The summed E-state index contributed by atoms with van der Waals surface area (Å²) >= 11 is 0. The van der Waals surface area contributed by atoms with Crippen LogP contribution < -0.4 is 0 Å². The fourth-order valence-corrected chi connectivity index (χ4v) is 1.52. The van der Waals surface area contributed by atoms with Gasteiger partial charge in [-0.3, -0.25) is 4.90 Å². The lowest BCUT2D eigenvalue weighted by atomic mass is 10.0. The van der Waals surface area contributed by atoms with Gasteiger partial charge in [0.25, 0.3) is 0 Å². The van der Waals surface area contributed by atoms with Crippen LogP contribution in [0.3, 0.4) is 0 Å². The molecule has 4 nitrogen and oxygen atoms in total. The Morgan fingerprint density at radius 2 is 1.75 bits per heavy atom. The second kappa shape index (κ2) is 8.93. The Balaban J connectivity index is 3.98. The molecule has 0 aromatic heterocycles. The van der Waals surface area contributed by atoms with Crippen LogP contribution in [0.25, 0.3) is 0 Å². The first-order valence-corrected chi connectivity index (χ1v) is 5.98. The molecule has 0 saturated heterocycles. The molecule has 16 heavy (non-hydrogen) atoms. The third kappa shape index (κ3) is 8.05. The monoisotopic (exact) mass is 233 g/mol. The maximum atomic E-state index is 10.0. The summed E-state index contributed by atoms with van der Waals surface area (Å²) in [5.74, 6) is 0. The van der Waals surface area contributed by atoms with E-state index >= 15 is 0 Å². The van der Waals surface area contributed by atoms with E-state index in [1.807, 2.05) is 13.8 Å². The molecule has 0 amide bonds. The quantitative estimate of drug-likeness (QED) is 0.574. The molecule has 1 atom stereocenters. The van der Waals surface area contributed by atoms with Gasteiger partial charge in [0.2, 0.25) is 0 Å². The summed E-state index contributed by atoms with van der Waals surface area (Å²) in [4.78, 5) is 2.23. The van der Waals surface area contributed by atoms with Crippen LogP contribution in [0.2, 0.25) is 0 Å². The number of hydrogen-bond acceptors (Lipinski definition) is 4. The zero-order valence-electron chi connectivity index (χ0n) is 11.2. The molecule has 0 radical (unpaired) electrons. The molecule has 0 bridgehead atoms. The van der Waals surface area contributed by atoms with Crippen LogP contribution in [0.5, 0.6) is 0 Å². The van der Waals surface area contributed by atoms with Gasteiger partial charge in [-0.1, -0.05) is 6.92 Å². The third-order valence-electron chi connectivity index (χ3n) is 2.76. The van der Waals surface area contributed by atoms with Crippen molar-refractivity contribution in [3.63, 3.8) is 0 Å². The highest BCUT2D eigenvalue weighted by Gasteiger charge is 2.21. The molecule has 0 spiro atoms. The SMILES string of the molecule is CCC(C)(O)CN(CCCOC)CCOC. The summed E-state index contributed by atoms with van der Waals surface area (Å²) in [7, 11) is 3.41. The van der Waals surface area contributed by atoms with Crippen LogP contribution in [0.1, 0.15) is 26.7 Å². The molecule has 0 aliphatic carbocycles. The molecule has 0 aromatic carbocycles. The fraction of sp³-hybridized carbons (Fsp3) is 1.00. The second-order valence-electron chi connectivity index (χ2n) is 4.47. The maximum Gasteiger partial charge on any atom is 0.0743 e. The summed E-state index contributed by atoms with van der Waals surface area (Å²) < 4.78 is 10.1. The summed E-state index contributed by atoms with van der Waals surface area (Å²) in [5, 5.41) is 10.0. The van der Waals surface area contributed by atoms with Crippen LogP contribution in [0, 0.1) is 0 Å². The maximum absolute atomic E-state index is 10.0. The largest absolute Gasteiger partial charge is 0.389 e. The van der Waals surface area contributed by atoms with E-state index in [0.717, 1.165) is 32.5 Å². The van der Waals surface area contributed by atoms with Gasteiger partial charge in [0, 0.05) is 40.5 Å². The number of aliphatic hydroxyl groups is 1. The highest BCUT2D eigenvalue weighted by atomic mass is 16.5. The van der Waals surface area contributed by atoms with E-state index in [9.17, 15) is 5.11 Å². The molecule has 0 heterocycles. The van der Waals surface area contributed by atoms with E-state index in [2.05, 4.69) is 4.90 Å². The van der Waals surface area contributed by atoms with E-state index in [4.69, 9.17) is 9.47 Å². The number of methoxy groups -OCH3 is 2. The van der Waals surface area contributed by atoms with Gasteiger partial charge in [-0.2, -0.15) is 0 Å². The Morgan fingerprint density at radius 3 is 2.25 bits per heavy atom. The zero-order chi connectivity index (χ0) is 12.4. The van der Waals surface area contributed by atoms with E-state index in [0.29, 0.717) is 13.2 Å². The van der Waals surface area contributed by atoms with Crippen LogP contribution in [-0.4, -0.2) is 62.7 Å². The number of rotatable bonds is 10. The Labute approximate surface area is 99.5 Å². The fourth-order valence-electron chi connectivity index (χ4n) is 1.52. The van der Waals surface area contributed by atoms with Gasteiger partial charge >= 0.3 is 0 Å². The molecule has 1 unspecified atom stereocenters. The van der Waals surface area contributed by atoms with Crippen molar-refractivity contribution in [3.05, 3.63) is 0 Å². The molecule has 98 valence electrons. The molecule has 0 rings (SSSR count). The van der Waals surface area contributed by atoms with Crippen molar-refractivity contribution in [3.8, 4) is 0 Å². The van der Waals surface area contributed by atoms with Gasteiger partial charge < -0.3 is 14.6 Å². The summed E-state index contributed by atoms with van der Waals surface area (Å²) in [6.07, 6.45) is 1.75. The van der Waals surface area contributed by atoms with Gasteiger partial charge in [-0.05, 0) is 19.8 Å². The van der Waals surface area contributed by atoms with E-state index in [-0.39, 0.29) is 0 Å². The first-order chi connectivity index (χ1) is 7.55. The van der Waals surface area contributed by atoms with Gasteiger partial charge in [0.05, 0.1) is 12.2 Å². The molecule has 0 aliphatic heterocycles. The molecule has 0 saturated carbocycles. The van der Waals surface area contributed by atoms with Crippen molar-refractivity contribution in [2.75, 3.05) is 47.1 Å². The number of ether oxygens (including phenoxy) is 2. The van der Waals surface area contributed by atoms with Crippen LogP contribution in [0.4, 0.5) is 0 Å². The van der Waals surface area contributed by atoms with E-state index < -0.39 is 5.60 Å². The summed E-state index contributed by atoms with van der Waals surface area (Å²) in [6, 6.07) is 0. The van der Waals surface area contributed by atoms with Crippen molar-refractivity contribution in [2.45, 2.75) is 32.3 Å². The Hall–Kier alpha value is -0.160. The highest BCUT2D eigenvalue weighted by molar-refractivity contribution is 4.75. The van der Waals surface area contributed by atoms with Gasteiger partial charge in [0.15, 0.2) is 0 Å². The zero-order valence-corrected chi connectivity index (χ0v) is 11.2. The van der Waals surface area contributed by atoms with Crippen LogP contribution in [-0.2, 0) is 9.47 Å². The third-order valence-corrected chi connectivity index (χ3v) is 2.76. The minimum Gasteiger partial charge on any atom is -0.389 e. The van der Waals surface area contributed by atoms with Crippen LogP contribution >= 0.6 is 0 Å². The predicted octanol–water partition coefficient (Wildman–Crippen LogP) is 1.13. The van der Waals surface area contributed by atoms with Gasteiger partial charge in [-0.15, -0.1) is 0 Å². The van der Waals surface area contributed by atoms with E-state index in [1.54, 1.807) is 14.2 Å². The predicted molar refractivity (Wildman–Crippen MR) is 65.7 cm³/mol. The average molecular weight is 233 g/mol. The van der Waals surface area contributed by atoms with E-state index in [1.165, 1.54) is 0 Å². The lowest BCUT2D eigenvalue weighted by molar-refractivity contribution is 0.00759. The smallest absolute Gasteiger partial charge is 0.0743 e. The van der Waals surface area contributed by atoms with Crippen LogP contribution in [0.15, 0.2) is 0 Å². The standard InChI is InChI=1S/C12H27NO3/c1-5-12(2,14)11-13(8-10-16-4)7-6-9-15-3/h14H,5-11H2,1-4H3. The Kier molecular flexibility index (Phi) is 8.84. The van der Waals surface area contributed by atoms with Crippen molar-refractivity contribution in [1.29, 1.82) is 0 Å². The molecule has 1 N–H and O–H groups in total. The minimum atomic E-state index is -0.610. The molecule has 0 aromatic rings. The molecule has 0 fully saturated rings. The lowest BCUT2D eigenvalue weighted by Gasteiger charge is -2.30. The lowest BCUT2D eigenvalue weighted by Crippen LogP contribution is -2.42. The first kappa shape index (κ1) is 15.8. The molecule has 0 aliphatic rings. The van der Waals surface area contributed by atoms with Gasteiger partial charge in [0.1, 0.15) is 0 Å². The normalized spacial score (nSPS) is 15.4. The Bertz CT molecular complexity index is 162. The molecular weight excluding hydrogens is 206 g/mol. The number of nitrogens with zero attached hydrogens (tertiary/aromatic N) is 1. The second-order valence-corrected chi connectivity index (χ2v) is 4.47. The number of hydrogen-bond donors (Lipinski definition) is 1. The summed E-state index contributed by atoms with van der Waals surface area (Å²) in [5.41, 5.74) is -0.610. The van der Waals surface area contributed by atoms with Crippen molar-refractivity contribution >= 4 is 0 Å². The summed E-state index contributed by atoms with van der Waals surface area (Å²) in [6.45, 7) is 7.83. The highest BCUT2D eigenvalue weighted by Crippen LogP contribution is 2.11. The molecule has 4 heteroatoms. The van der Waals surface area contributed by atoms with Crippen molar-refractivity contribution in [1.82, 2.24) is 4.90 Å². The average Bonchev–Trinajstić information content (AvgIpc) is 2.25. The van der Waals surface area contributed by atoms with Crippen molar-refractivity contribution < 1.29 is 14.6 Å². The first-order valence-electron chi connectivity index (χ1n) is 5.98.